The first-order chi connectivity index (χ1) is 13.9. The lowest BCUT2D eigenvalue weighted by Gasteiger charge is -2.60. The maximum Gasteiger partial charge on any atom is 0.0577 e. The van der Waals surface area contributed by atoms with Gasteiger partial charge in [0, 0.05) is 11.3 Å². The van der Waals surface area contributed by atoms with Gasteiger partial charge < -0.3 is 5.11 Å². The van der Waals surface area contributed by atoms with Crippen molar-refractivity contribution >= 4 is 17.1 Å². The van der Waals surface area contributed by atoms with Crippen LogP contribution >= 0.6 is 12.2 Å². The van der Waals surface area contributed by atoms with E-state index in [1.54, 1.807) is 11.1 Å². The van der Waals surface area contributed by atoms with E-state index >= 15 is 0 Å². The van der Waals surface area contributed by atoms with Crippen molar-refractivity contribution in [3.05, 3.63) is 47.1 Å². The average Bonchev–Trinajstić information content (AvgIpc) is 3.05. The molecule has 0 aromatic carbocycles. The Labute approximate surface area is 182 Å². The summed E-state index contributed by atoms with van der Waals surface area (Å²) in [4.78, 5) is 1.08. The van der Waals surface area contributed by atoms with Gasteiger partial charge in [-0.1, -0.05) is 62.9 Å². The number of aliphatic hydroxyl groups is 1. The van der Waals surface area contributed by atoms with Gasteiger partial charge in [0.2, 0.25) is 0 Å². The lowest BCUT2D eigenvalue weighted by molar-refractivity contribution is -0.0510. The van der Waals surface area contributed by atoms with Gasteiger partial charge in [-0.3, -0.25) is 0 Å². The van der Waals surface area contributed by atoms with E-state index < -0.39 is 0 Å². The van der Waals surface area contributed by atoms with Crippen LogP contribution in [0.15, 0.2) is 47.1 Å². The summed E-state index contributed by atoms with van der Waals surface area (Å²) in [5, 5.41) is 10.3. The fraction of sp³-hybridized carbons (Fsp3) is 0.667. The summed E-state index contributed by atoms with van der Waals surface area (Å²) in [6, 6.07) is 0. The highest BCUT2D eigenvalue weighted by atomic mass is 32.1. The first-order valence-corrected chi connectivity index (χ1v) is 12.3. The third kappa shape index (κ3) is 2.92. The Morgan fingerprint density at radius 2 is 1.93 bits per heavy atom. The molecule has 0 aliphatic heterocycles. The number of hydrogen-bond donors (Lipinski definition) is 1. The summed E-state index contributed by atoms with van der Waals surface area (Å²) in [7, 11) is 0. The Morgan fingerprint density at radius 1 is 1.14 bits per heavy atom. The van der Waals surface area contributed by atoms with E-state index in [9.17, 15) is 5.11 Å². The molecule has 0 amide bonds. The van der Waals surface area contributed by atoms with Crippen LogP contribution in [0.1, 0.15) is 72.1 Å². The van der Waals surface area contributed by atoms with E-state index in [1.165, 1.54) is 37.7 Å². The van der Waals surface area contributed by atoms with Crippen molar-refractivity contribution in [2.75, 3.05) is 0 Å². The Hall–Kier alpha value is -0.990. The predicted molar refractivity (Wildman–Crippen MR) is 125 cm³/mol. The van der Waals surface area contributed by atoms with Crippen LogP contribution in [-0.4, -0.2) is 16.1 Å². The van der Waals surface area contributed by atoms with Crippen molar-refractivity contribution in [1.82, 2.24) is 0 Å². The molecule has 29 heavy (non-hydrogen) atoms. The van der Waals surface area contributed by atoms with Gasteiger partial charge in [0.15, 0.2) is 0 Å². The summed E-state index contributed by atoms with van der Waals surface area (Å²) >= 11 is 5.54. The van der Waals surface area contributed by atoms with Gasteiger partial charge in [-0.25, -0.2) is 0 Å². The quantitative estimate of drug-likeness (QED) is 0.403. The molecule has 2 heteroatoms. The van der Waals surface area contributed by atoms with Gasteiger partial charge in [-0.05, 0) is 96.7 Å². The van der Waals surface area contributed by atoms with E-state index in [2.05, 4.69) is 51.2 Å². The molecule has 5 aliphatic carbocycles. The average molecular weight is 409 g/mol. The maximum absolute atomic E-state index is 10.3. The molecule has 5 rings (SSSR count). The monoisotopic (exact) mass is 408 g/mol. The molecular formula is C27H36OS. The van der Waals surface area contributed by atoms with Crippen LogP contribution in [0.5, 0.6) is 0 Å². The summed E-state index contributed by atoms with van der Waals surface area (Å²) in [5.74, 6) is 2.97. The van der Waals surface area contributed by atoms with Crippen LogP contribution in [0, 0.1) is 34.5 Å². The van der Waals surface area contributed by atoms with Crippen LogP contribution in [0.4, 0.5) is 0 Å². The molecule has 1 nitrogen and oxygen atoms in total. The van der Waals surface area contributed by atoms with E-state index in [-0.39, 0.29) is 11.5 Å². The second kappa shape index (κ2) is 7.02. The van der Waals surface area contributed by atoms with Crippen molar-refractivity contribution in [2.24, 2.45) is 34.5 Å². The fourth-order valence-corrected chi connectivity index (χ4v) is 8.19. The van der Waals surface area contributed by atoms with Crippen LogP contribution in [0.2, 0.25) is 0 Å². The van der Waals surface area contributed by atoms with Crippen molar-refractivity contribution in [1.29, 1.82) is 0 Å². The zero-order valence-electron chi connectivity index (χ0n) is 18.3. The minimum absolute atomic E-state index is 0.120. The van der Waals surface area contributed by atoms with Gasteiger partial charge in [-0.2, -0.15) is 0 Å². The molecule has 0 unspecified atom stereocenters. The minimum atomic E-state index is -0.120. The molecule has 5 aliphatic rings. The maximum atomic E-state index is 10.3. The molecule has 0 aromatic rings. The Kier molecular flexibility index (Phi) is 4.83. The van der Waals surface area contributed by atoms with E-state index in [0.29, 0.717) is 11.3 Å². The van der Waals surface area contributed by atoms with Crippen LogP contribution in [-0.2, 0) is 0 Å². The Morgan fingerprint density at radius 3 is 2.69 bits per heavy atom. The number of hydrogen-bond acceptors (Lipinski definition) is 2. The van der Waals surface area contributed by atoms with Crippen LogP contribution in [0.25, 0.3) is 0 Å². The third-order valence-corrected chi connectivity index (χ3v) is 9.83. The van der Waals surface area contributed by atoms with E-state index in [1.807, 2.05) is 0 Å². The SMILES string of the molecule is CC[C@@H]1C=C2C[C@@H](O)CC[C@]2(C)[C@H]2CC[C@]3(C)C(C4=CC(=S)CC=C4)=CC[C@H]3[C@H]12. The molecular weight excluding hydrogens is 372 g/mol. The lowest BCUT2D eigenvalue weighted by Crippen LogP contribution is -2.52. The molecule has 0 radical (unpaired) electrons. The Balaban J connectivity index is 1.52. The molecule has 0 bridgehead atoms. The van der Waals surface area contributed by atoms with Crippen molar-refractivity contribution in [3.8, 4) is 0 Å². The smallest absolute Gasteiger partial charge is 0.0577 e. The van der Waals surface area contributed by atoms with Gasteiger partial charge >= 0.3 is 0 Å². The van der Waals surface area contributed by atoms with Crippen molar-refractivity contribution in [3.63, 3.8) is 0 Å². The van der Waals surface area contributed by atoms with E-state index in [4.69, 9.17) is 12.2 Å². The van der Waals surface area contributed by atoms with Gasteiger partial charge in [-0.15, -0.1) is 0 Å². The molecule has 2 saturated carbocycles. The highest BCUT2D eigenvalue weighted by Crippen LogP contribution is 2.67. The zero-order valence-corrected chi connectivity index (χ0v) is 19.1. The Bertz CT molecular complexity index is 845. The number of thiocarbonyl (C=S) groups is 1. The minimum Gasteiger partial charge on any atom is -0.393 e. The number of fused-ring (bicyclic) bond motifs is 5. The molecule has 0 aromatic heterocycles. The molecule has 7 atom stereocenters. The molecule has 1 N–H and O–H groups in total. The molecule has 2 fully saturated rings. The topological polar surface area (TPSA) is 20.2 Å². The van der Waals surface area contributed by atoms with Gasteiger partial charge in [0.25, 0.3) is 0 Å². The summed E-state index contributed by atoms with van der Waals surface area (Å²) in [6.07, 6.45) is 21.0. The van der Waals surface area contributed by atoms with Gasteiger partial charge in [0.05, 0.1) is 6.10 Å². The highest BCUT2D eigenvalue weighted by molar-refractivity contribution is 7.80. The first-order valence-electron chi connectivity index (χ1n) is 11.9. The highest BCUT2D eigenvalue weighted by Gasteiger charge is 2.58. The fourth-order valence-electron chi connectivity index (χ4n) is 7.96. The standard InChI is InChI=1S/C27H36OS/c1-4-17-14-19-16-20(28)10-12-26(19,2)24-11-13-27(3)22(8-9-23(27)25(17)24)18-6-5-7-21(29)15-18/h5-6,8,14-15,17,20,23-25,28H,4,7,9-13,16H2,1-3H3/t17-,20+,23+,24+,25+,26+,27-/m1/s1. The third-order valence-electron chi connectivity index (χ3n) is 9.54. The summed E-state index contributed by atoms with van der Waals surface area (Å²) < 4.78 is 0. The lowest BCUT2D eigenvalue weighted by atomic mass is 9.45. The van der Waals surface area contributed by atoms with Crippen molar-refractivity contribution < 1.29 is 5.11 Å². The molecule has 0 saturated heterocycles. The van der Waals surface area contributed by atoms with Gasteiger partial charge in [0.1, 0.15) is 0 Å². The summed E-state index contributed by atoms with van der Waals surface area (Å²) in [5.41, 5.74) is 5.14. The number of rotatable bonds is 2. The second-order valence-corrected chi connectivity index (χ2v) is 11.4. The normalized spacial score (nSPS) is 46.3. The van der Waals surface area contributed by atoms with Crippen LogP contribution < -0.4 is 0 Å². The predicted octanol–water partition coefficient (Wildman–Crippen LogP) is 6.74. The molecule has 0 heterocycles. The zero-order chi connectivity index (χ0) is 20.4. The largest absolute Gasteiger partial charge is 0.393 e. The number of allylic oxidation sites excluding steroid dienone is 7. The second-order valence-electron chi connectivity index (χ2n) is 10.9. The first kappa shape index (κ1) is 19.9. The van der Waals surface area contributed by atoms with Crippen molar-refractivity contribution in [2.45, 2.75) is 78.2 Å². The molecule has 0 spiro atoms. The number of aliphatic hydroxyl groups excluding tert-OH is 1. The molecule has 156 valence electrons. The van der Waals surface area contributed by atoms with Crippen LogP contribution in [0.3, 0.4) is 0 Å². The summed E-state index contributed by atoms with van der Waals surface area (Å²) in [6.45, 7) is 7.46. The van der Waals surface area contributed by atoms with E-state index in [0.717, 1.165) is 41.9 Å².